The van der Waals surface area contributed by atoms with Gasteiger partial charge in [-0.25, -0.2) is 26.9 Å². The van der Waals surface area contributed by atoms with E-state index in [2.05, 4.69) is 15.0 Å². The molecule has 0 amide bonds. The van der Waals surface area contributed by atoms with Crippen LogP contribution in [0.1, 0.15) is 31.2 Å². The van der Waals surface area contributed by atoms with Gasteiger partial charge in [-0.05, 0) is 31.5 Å². The van der Waals surface area contributed by atoms with E-state index in [0.717, 1.165) is 23.8 Å². The van der Waals surface area contributed by atoms with Crippen molar-refractivity contribution in [1.29, 1.82) is 10.5 Å². The lowest BCUT2D eigenvalue weighted by molar-refractivity contribution is 0.0856. The highest BCUT2D eigenvalue weighted by molar-refractivity contribution is 7.23. The maximum atomic E-state index is 16.8. The van der Waals surface area contributed by atoms with Gasteiger partial charge in [-0.2, -0.15) is 20.5 Å². The van der Waals surface area contributed by atoms with Gasteiger partial charge in [0.1, 0.15) is 64.7 Å². The highest BCUT2D eigenvalue weighted by Crippen LogP contribution is 2.46. The van der Waals surface area contributed by atoms with E-state index in [-0.39, 0.29) is 93.1 Å². The van der Waals surface area contributed by atoms with E-state index in [0.29, 0.717) is 13.0 Å². The van der Waals surface area contributed by atoms with Crippen LogP contribution < -0.4 is 20.1 Å². The Bertz CT molecular complexity index is 1960. The number of aromatic nitrogens is 3. The Morgan fingerprint density at radius 3 is 2.78 bits per heavy atom. The van der Waals surface area contributed by atoms with E-state index in [1.54, 1.807) is 0 Å². The van der Waals surface area contributed by atoms with Crippen molar-refractivity contribution < 1.29 is 31.4 Å². The lowest BCUT2D eigenvalue weighted by Gasteiger charge is -2.31. The average Bonchev–Trinajstić information content (AvgIpc) is 3.64. The lowest BCUT2D eigenvalue weighted by Crippen LogP contribution is -2.45. The first-order chi connectivity index (χ1) is 22.2. The molecule has 0 saturated carbocycles. The predicted octanol–water partition coefficient (Wildman–Crippen LogP) is 5.34. The van der Waals surface area contributed by atoms with Crippen molar-refractivity contribution in [2.24, 2.45) is 0 Å². The first kappa shape index (κ1) is 30.1. The highest BCUT2D eigenvalue weighted by atomic mass is 32.1. The van der Waals surface area contributed by atoms with Crippen LogP contribution in [0, 0.1) is 34.3 Å². The summed E-state index contributed by atoms with van der Waals surface area (Å²) in [6, 6.07) is 4.26. The molecule has 2 fully saturated rings. The van der Waals surface area contributed by atoms with E-state index >= 15 is 4.39 Å². The largest absolute Gasteiger partial charge is 0.475 e. The Hall–Kier alpha value is -4.54. The van der Waals surface area contributed by atoms with Crippen molar-refractivity contribution in [3.05, 3.63) is 29.3 Å². The standard InChI is InChI=1S/C30H25F5N8O2S/c31-14-9-30(5-1-7-42(30)11-14)13-45-29-40-23-20-27(41-29)43(8-2-6-36)18(25(34)35)12-44-28(20)39-22(21(23)33)15-3-4-17(32)24-19(15)16(10-37)26(38)46-24/h3-4,14,18,25H,1-2,5,7-9,11-13,38H2/t14-,18?,30+/m1/s1. The van der Waals surface area contributed by atoms with Gasteiger partial charge < -0.3 is 20.1 Å². The fourth-order valence-electron chi connectivity index (χ4n) is 6.87. The molecule has 6 heterocycles. The number of pyridine rings is 1. The molecule has 4 aromatic rings. The quantitative estimate of drug-likeness (QED) is 0.260. The molecule has 0 spiro atoms. The van der Waals surface area contributed by atoms with Gasteiger partial charge in [0.2, 0.25) is 5.88 Å². The summed E-state index contributed by atoms with van der Waals surface area (Å²) in [5.74, 6) is -2.14. The summed E-state index contributed by atoms with van der Waals surface area (Å²) >= 11 is 0.821. The number of fused-ring (bicyclic) bond motifs is 2. The van der Waals surface area contributed by atoms with E-state index in [4.69, 9.17) is 15.2 Å². The van der Waals surface area contributed by atoms with Gasteiger partial charge in [0.15, 0.2) is 5.82 Å². The second-order valence-electron chi connectivity index (χ2n) is 11.6. The summed E-state index contributed by atoms with van der Waals surface area (Å²) in [6.07, 6.45) is -2.41. The van der Waals surface area contributed by atoms with Crippen molar-refractivity contribution in [2.45, 2.75) is 49.9 Å². The van der Waals surface area contributed by atoms with Gasteiger partial charge in [0, 0.05) is 30.5 Å². The summed E-state index contributed by atoms with van der Waals surface area (Å²) < 4.78 is 86.7. The van der Waals surface area contributed by atoms with Crippen LogP contribution in [0.15, 0.2) is 12.1 Å². The Balaban J connectivity index is 1.44. The molecule has 2 saturated heterocycles. The summed E-state index contributed by atoms with van der Waals surface area (Å²) in [7, 11) is 0. The second kappa shape index (κ2) is 11.4. The molecule has 3 aromatic heterocycles. The molecule has 3 aliphatic heterocycles. The third-order valence-corrected chi connectivity index (χ3v) is 9.97. The minimum atomic E-state index is -2.96. The summed E-state index contributed by atoms with van der Waals surface area (Å²) in [6.45, 7) is 0.157. The van der Waals surface area contributed by atoms with Crippen LogP contribution in [-0.4, -0.2) is 76.9 Å². The molecular formula is C30H25F5N8O2S. The molecule has 46 heavy (non-hydrogen) atoms. The number of hydrogen-bond donors (Lipinski definition) is 1. The summed E-state index contributed by atoms with van der Waals surface area (Å²) in [5, 5.41) is 19.0. The van der Waals surface area contributed by atoms with Crippen molar-refractivity contribution in [3.63, 3.8) is 0 Å². The van der Waals surface area contributed by atoms with E-state index in [9.17, 15) is 28.1 Å². The van der Waals surface area contributed by atoms with E-state index < -0.39 is 42.4 Å². The van der Waals surface area contributed by atoms with E-state index in [1.807, 2.05) is 17.0 Å². The van der Waals surface area contributed by atoms with Gasteiger partial charge in [0.25, 0.3) is 6.43 Å². The van der Waals surface area contributed by atoms with Crippen LogP contribution in [0.2, 0.25) is 0 Å². The smallest absolute Gasteiger partial charge is 0.319 e. The third-order valence-electron chi connectivity index (χ3n) is 8.95. The van der Waals surface area contributed by atoms with Gasteiger partial charge in [-0.3, -0.25) is 4.90 Å². The van der Waals surface area contributed by atoms with Gasteiger partial charge >= 0.3 is 6.01 Å². The molecule has 1 aromatic carbocycles. The van der Waals surface area contributed by atoms with Crippen LogP contribution in [-0.2, 0) is 0 Å². The third kappa shape index (κ3) is 4.70. The zero-order valence-electron chi connectivity index (χ0n) is 24.1. The Morgan fingerprint density at radius 2 is 2.02 bits per heavy atom. The first-order valence-corrected chi connectivity index (χ1v) is 15.4. The number of halogens is 5. The Labute approximate surface area is 262 Å². The van der Waals surface area contributed by atoms with Crippen LogP contribution in [0.3, 0.4) is 0 Å². The van der Waals surface area contributed by atoms with Crippen LogP contribution in [0.5, 0.6) is 11.9 Å². The zero-order valence-corrected chi connectivity index (χ0v) is 24.9. The number of nitrogens with zero attached hydrogens (tertiary/aromatic N) is 7. The number of ether oxygens (including phenoxy) is 2. The molecule has 0 bridgehead atoms. The number of nitriles is 2. The van der Waals surface area contributed by atoms with Crippen LogP contribution >= 0.6 is 11.3 Å². The number of anilines is 2. The molecule has 0 radical (unpaired) electrons. The number of benzene rings is 1. The van der Waals surface area contributed by atoms with Crippen LogP contribution in [0.25, 0.3) is 32.2 Å². The first-order valence-electron chi connectivity index (χ1n) is 14.5. The minimum Gasteiger partial charge on any atom is -0.475 e. The van der Waals surface area contributed by atoms with Crippen molar-refractivity contribution in [1.82, 2.24) is 19.9 Å². The maximum absolute atomic E-state index is 16.8. The fourth-order valence-corrected chi connectivity index (χ4v) is 7.82. The molecule has 2 N–H and O–H groups in total. The number of hydrogen-bond acceptors (Lipinski definition) is 11. The molecule has 3 aliphatic rings. The maximum Gasteiger partial charge on any atom is 0.319 e. The van der Waals surface area contributed by atoms with E-state index in [1.165, 1.54) is 11.0 Å². The summed E-state index contributed by atoms with van der Waals surface area (Å²) in [4.78, 5) is 16.3. The molecule has 16 heteroatoms. The molecule has 1 unspecified atom stereocenters. The molecule has 0 aliphatic carbocycles. The van der Waals surface area contributed by atoms with Gasteiger partial charge in [0.05, 0.1) is 28.3 Å². The second-order valence-corrected chi connectivity index (χ2v) is 12.6. The number of alkyl halides is 3. The van der Waals surface area contributed by atoms with Crippen LogP contribution in [0.4, 0.5) is 32.8 Å². The van der Waals surface area contributed by atoms with Gasteiger partial charge in [-0.1, -0.05) is 0 Å². The molecule has 10 nitrogen and oxygen atoms in total. The monoisotopic (exact) mass is 656 g/mol. The lowest BCUT2D eigenvalue weighted by atomic mass is 9.95. The highest BCUT2D eigenvalue weighted by Gasteiger charge is 2.49. The minimum absolute atomic E-state index is 0.00979. The molecule has 3 atom stereocenters. The summed E-state index contributed by atoms with van der Waals surface area (Å²) in [5.41, 5.74) is 4.56. The molecule has 7 rings (SSSR count). The average molecular weight is 657 g/mol. The SMILES string of the molecule is N#CCCN1c2nc(OC[C@@]34CCCN3C[C@H](F)C4)nc3c(F)c(-c4ccc(F)c5sc(N)c(C#N)c45)nc(c23)OCC1C(F)F. The van der Waals surface area contributed by atoms with Crippen molar-refractivity contribution in [2.75, 3.05) is 43.5 Å². The number of thiophene rings is 1. The number of nitrogens with two attached hydrogens (primary N) is 1. The molecular weight excluding hydrogens is 631 g/mol. The zero-order chi connectivity index (χ0) is 32.3. The fraction of sp³-hybridized carbons (Fsp3) is 0.433. The Morgan fingerprint density at radius 1 is 1.20 bits per heavy atom. The topological polar surface area (TPSA) is 137 Å². The van der Waals surface area contributed by atoms with Gasteiger partial charge in [-0.15, -0.1) is 11.3 Å². The predicted molar refractivity (Wildman–Crippen MR) is 159 cm³/mol. The normalized spacial score (nSPS) is 22.6. The number of nitrogen functional groups attached to an aromatic ring is 1. The number of rotatable bonds is 7. The molecule has 238 valence electrons. The van der Waals surface area contributed by atoms with Crippen molar-refractivity contribution in [3.8, 4) is 35.3 Å². The Kier molecular flexibility index (Phi) is 7.44. The van der Waals surface area contributed by atoms with Crippen molar-refractivity contribution >= 4 is 43.1 Å².